The molecule has 2 amide bonds. The number of hydrogen-bond donors (Lipinski definition) is 1. The summed E-state index contributed by atoms with van der Waals surface area (Å²) in [6.45, 7) is 1.47. The molecule has 0 fully saturated rings. The molecular weight excluding hydrogens is 320 g/mol. The van der Waals surface area contributed by atoms with Crippen LogP contribution in [0.1, 0.15) is 27.0 Å². The average Bonchev–Trinajstić information content (AvgIpc) is 2.67. The highest BCUT2D eigenvalue weighted by atomic mass is 16.5. The van der Waals surface area contributed by atoms with Crippen LogP contribution >= 0.6 is 0 Å². The van der Waals surface area contributed by atoms with Gasteiger partial charge in [-0.05, 0) is 35.6 Å². The van der Waals surface area contributed by atoms with Gasteiger partial charge in [0.25, 0.3) is 5.91 Å². The Bertz CT molecular complexity index is 764. The summed E-state index contributed by atoms with van der Waals surface area (Å²) in [5, 5.41) is 2.93. The Kier molecular flexibility index (Phi) is 5.23. The molecule has 0 saturated carbocycles. The number of aromatic nitrogens is 2. The number of hydrogen-bond acceptors (Lipinski definition) is 5. The van der Waals surface area contributed by atoms with Gasteiger partial charge in [-0.15, -0.1) is 0 Å². The van der Waals surface area contributed by atoms with Crippen molar-refractivity contribution >= 4 is 12.0 Å². The summed E-state index contributed by atoms with van der Waals surface area (Å²) in [7, 11) is 1.36. The van der Waals surface area contributed by atoms with Crippen LogP contribution in [0.15, 0.2) is 36.9 Å². The van der Waals surface area contributed by atoms with E-state index in [1.54, 1.807) is 29.7 Å². The lowest BCUT2D eigenvalue weighted by molar-refractivity contribution is 0.0951. The molecule has 0 bridgehead atoms. The Balaban J connectivity index is 1.65. The van der Waals surface area contributed by atoms with Gasteiger partial charge >= 0.3 is 6.09 Å². The second-order valence-corrected chi connectivity index (χ2v) is 5.83. The third kappa shape index (κ3) is 3.93. The Morgan fingerprint density at radius 3 is 2.92 bits per heavy atom. The molecule has 2 aromatic rings. The number of carbonyl (C=O) groups is 2. The molecule has 7 nitrogen and oxygen atoms in total. The minimum atomic E-state index is -0.364. The van der Waals surface area contributed by atoms with Crippen molar-refractivity contribution in [1.29, 1.82) is 0 Å². The molecule has 25 heavy (non-hydrogen) atoms. The quantitative estimate of drug-likeness (QED) is 0.913. The third-order valence-corrected chi connectivity index (χ3v) is 4.24. The molecule has 130 valence electrons. The summed E-state index contributed by atoms with van der Waals surface area (Å²) in [5.41, 5.74) is 3.49. The number of methoxy groups -OCH3 is 1. The molecule has 1 aliphatic rings. The van der Waals surface area contributed by atoms with E-state index in [0.29, 0.717) is 31.6 Å². The summed E-state index contributed by atoms with van der Waals surface area (Å²) in [5.74, 6) is -0.139. The van der Waals surface area contributed by atoms with Crippen LogP contribution in [0.25, 0.3) is 0 Å². The van der Waals surface area contributed by atoms with Crippen molar-refractivity contribution < 1.29 is 14.3 Å². The fraction of sp³-hybridized carbons (Fsp3) is 0.333. The van der Waals surface area contributed by atoms with Gasteiger partial charge in [0.05, 0.1) is 19.2 Å². The van der Waals surface area contributed by atoms with E-state index in [9.17, 15) is 9.59 Å². The van der Waals surface area contributed by atoms with E-state index < -0.39 is 0 Å². The molecule has 0 aromatic carbocycles. The standard InChI is InChI=1S/C18H20N4O3/c1-25-18(24)22-8-5-15-14(12-22)10-20-11-16(15)17(23)21-7-4-13-3-2-6-19-9-13/h2-3,6,9-11H,4-5,7-8,12H2,1H3,(H,21,23). The second-order valence-electron chi connectivity index (χ2n) is 5.83. The molecule has 0 aliphatic carbocycles. The van der Waals surface area contributed by atoms with Crippen LogP contribution < -0.4 is 5.32 Å². The van der Waals surface area contributed by atoms with Gasteiger partial charge in [0.2, 0.25) is 0 Å². The predicted octanol–water partition coefficient (Wildman–Crippen LogP) is 1.57. The topological polar surface area (TPSA) is 84.4 Å². The third-order valence-electron chi connectivity index (χ3n) is 4.24. The number of nitrogens with zero attached hydrogens (tertiary/aromatic N) is 3. The number of rotatable bonds is 4. The maximum atomic E-state index is 12.5. The van der Waals surface area contributed by atoms with Crippen LogP contribution in [0.2, 0.25) is 0 Å². The van der Waals surface area contributed by atoms with Gasteiger partial charge in [-0.1, -0.05) is 6.07 Å². The number of ether oxygens (including phenoxy) is 1. The molecule has 7 heteroatoms. The highest BCUT2D eigenvalue weighted by Gasteiger charge is 2.25. The van der Waals surface area contributed by atoms with Crippen molar-refractivity contribution in [3.05, 3.63) is 59.2 Å². The predicted molar refractivity (Wildman–Crippen MR) is 91.0 cm³/mol. The van der Waals surface area contributed by atoms with Crippen molar-refractivity contribution in [3.63, 3.8) is 0 Å². The normalized spacial score (nSPS) is 13.1. The summed E-state index contributed by atoms with van der Waals surface area (Å²) < 4.78 is 4.76. The zero-order valence-corrected chi connectivity index (χ0v) is 14.1. The molecule has 3 rings (SSSR count). The molecule has 0 saturated heterocycles. The molecule has 0 atom stereocenters. The summed E-state index contributed by atoms with van der Waals surface area (Å²) >= 11 is 0. The Labute approximate surface area is 146 Å². The SMILES string of the molecule is COC(=O)N1CCc2c(cncc2C(=O)NCCc2cccnc2)C1. The van der Waals surface area contributed by atoms with E-state index in [1.165, 1.54) is 7.11 Å². The lowest BCUT2D eigenvalue weighted by atomic mass is 9.97. The molecule has 0 unspecified atom stereocenters. The Hall–Kier alpha value is -2.96. The second kappa shape index (κ2) is 7.74. The zero-order valence-electron chi connectivity index (χ0n) is 14.1. The first-order valence-corrected chi connectivity index (χ1v) is 8.15. The monoisotopic (exact) mass is 340 g/mol. The summed E-state index contributed by atoms with van der Waals surface area (Å²) in [6, 6.07) is 3.86. The first-order valence-electron chi connectivity index (χ1n) is 8.15. The lowest BCUT2D eigenvalue weighted by Gasteiger charge is -2.28. The average molecular weight is 340 g/mol. The Morgan fingerprint density at radius 2 is 2.16 bits per heavy atom. The van der Waals surface area contributed by atoms with Gasteiger partial charge in [-0.25, -0.2) is 4.79 Å². The molecule has 2 aromatic heterocycles. The van der Waals surface area contributed by atoms with Crippen LogP contribution in [-0.2, 0) is 24.1 Å². The molecule has 1 aliphatic heterocycles. The molecule has 0 radical (unpaired) electrons. The van der Waals surface area contributed by atoms with Crippen LogP contribution in [-0.4, -0.2) is 47.1 Å². The van der Waals surface area contributed by atoms with Crippen molar-refractivity contribution in [2.75, 3.05) is 20.2 Å². The van der Waals surface area contributed by atoms with Gasteiger partial charge in [0.15, 0.2) is 0 Å². The minimum Gasteiger partial charge on any atom is -0.453 e. The Morgan fingerprint density at radius 1 is 1.28 bits per heavy atom. The van der Waals surface area contributed by atoms with Gasteiger partial charge in [0, 0.05) is 37.9 Å². The smallest absolute Gasteiger partial charge is 0.409 e. The fourth-order valence-corrected chi connectivity index (χ4v) is 2.94. The van der Waals surface area contributed by atoms with Crippen LogP contribution in [0.5, 0.6) is 0 Å². The minimum absolute atomic E-state index is 0.139. The first kappa shape index (κ1) is 16.9. The van der Waals surface area contributed by atoms with Crippen molar-refractivity contribution in [2.24, 2.45) is 0 Å². The first-order chi connectivity index (χ1) is 12.2. The fourth-order valence-electron chi connectivity index (χ4n) is 2.94. The highest BCUT2D eigenvalue weighted by molar-refractivity contribution is 5.95. The summed E-state index contributed by atoms with van der Waals surface area (Å²) in [6.07, 6.45) is 7.78. The number of nitrogens with one attached hydrogen (secondary N) is 1. The van der Waals surface area contributed by atoms with E-state index in [-0.39, 0.29) is 12.0 Å². The molecule has 0 spiro atoms. The largest absolute Gasteiger partial charge is 0.453 e. The van der Waals surface area contributed by atoms with Crippen LogP contribution in [0, 0.1) is 0 Å². The van der Waals surface area contributed by atoms with E-state index in [0.717, 1.165) is 23.1 Å². The number of amides is 2. The lowest BCUT2D eigenvalue weighted by Crippen LogP contribution is -2.37. The van der Waals surface area contributed by atoms with E-state index in [1.807, 2.05) is 12.1 Å². The molecule has 1 N–H and O–H groups in total. The van der Waals surface area contributed by atoms with Crippen molar-refractivity contribution in [2.45, 2.75) is 19.4 Å². The van der Waals surface area contributed by atoms with Crippen molar-refractivity contribution in [1.82, 2.24) is 20.2 Å². The van der Waals surface area contributed by atoms with Crippen LogP contribution in [0.3, 0.4) is 0 Å². The van der Waals surface area contributed by atoms with E-state index in [4.69, 9.17) is 4.74 Å². The summed E-state index contributed by atoms with van der Waals surface area (Å²) in [4.78, 5) is 34.0. The molecular formula is C18H20N4O3. The number of carbonyl (C=O) groups excluding carboxylic acids is 2. The highest BCUT2D eigenvalue weighted by Crippen LogP contribution is 2.22. The molecule has 3 heterocycles. The maximum Gasteiger partial charge on any atom is 0.409 e. The van der Waals surface area contributed by atoms with E-state index in [2.05, 4.69) is 15.3 Å². The number of fused-ring (bicyclic) bond motifs is 1. The van der Waals surface area contributed by atoms with Crippen LogP contribution in [0.4, 0.5) is 4.79 Å². The van der Waals surface area contributed by atoms with Gasteiger partial charge < -0.3 is 15.0 Å². The van der Waals surface area contributed by atoms with Gasteiger partial charge in [-0.3, -0.25) is 14.8 Å². The maximum absolute atomic E-state index is 12.5. The van der Waals surface area contributed by atoms with E-state index >= 15 is 0 Å². The van der Waals surface area contributed by atoms with Gasteiger partial charge in [-0.2, -0.15) is 0 Å². The zero-order chi connectivity index (χ0) is 17.6. The van der Waals surface area contributed by atoms with Gasteiger partial charge in [0.1, 0.15) is 0 Å². The number of pyridine rings is 2. The van der Waals surface area contributed by atoms with Crippen molar-refractivity contribution in [3.8, 4) is 0 Å².